The maximum atomic E-state index is 13.2. The number of fused-ring (bicyclic) bond motifs is 5. The van der Waals surface area contributed by atoms with Crippen LogP contribution in [-0.2, 0) is 6.54 Å². The molecule has 16 aromatic rings. The van der Waals surface area contributed by atoms with Gasteiger partial charge in [0.25, 0.3) is 29.5 Å². The molecule has 0 saturated carbocycles. The van der Waals surface area contributed by atoms with E-state index < -0.39 is 0 Å². The van der Waals surface area contributed by atoms with Gasteiger partial charge in [0.15, 0.2) is 57.0 Å². The molecule has 1 unspecified atom stereocenters. The van der Waals surface area contributed by atoms with E-state index in [4.69, 9.17) is 50.8 Å². The van der Waals surface area contributed by atoms with Crippen molar-refractivity contribution >= 4 is 86.2 Å². The summed E-state index contributed by atoms with van der Waals surface area (Å²) >= 11 is 0. The second-order valence-electron chi connectivity index (χ2n) is 28.7. The Kier molecular flexibility index (Phi) is 22.8. The van der Waals surface area contributed by atoms with Crippen molar-refractivity contribution in [2.45, 2.75) is 98.2 Å². The average molecular weight is 1590 g/mol. The maximum absolute atomic E-state index is 13.2. The number of nitrogens with zero attached hydrogens (tertiary/aromatic N) is 20. The number of nitrogens with two attached hydrogens (primary N) is 5. The van der Waals surface area contributed by atoms with Crippen LogP contribution in [0.5, 0.6) is 0 Å². The first-order valence-electron chi connectivity index (χ1n) is 38.8. The van der Waals surface area contributed by atoms with Crippen molar-refractivity contribution in [1.82, 2.24) is 97.5 Å². The van der Waals surface area contributed by atoms with Crippen LogP contribution in [0.15, 0.2) is 206 Å². The minimum absolute atomic E-state index is 0.00616. The molecule has 18 heterocycles. The number of hydrogen-bond acceptors (Lipinski definition) is 25. The molecule has 0 aliphatic carbocycles. The smallest absolute Gasteiger partial charge is 0.256 e. The zero-order valence-corrected chi connectivity index (χ0v) is 65.5. The molecule has 19 rings (SSSR count). The highest BCUT2D eigenvalue weighted by atomic mass is 16.3. The molecule has 1 atom stereocenters. The van der Waals surface area contributed by atoms with Crippen molar-refractivity contribution in [3.63, 3.8) is 0 Å². The Bertz CT molecular complexity index is 6060. The lowest BCUT2D eigenvalue weighted by molar-refractivity contribution is 0.0687. The molecule has 15 aromatic heterocycles. The van der Waals surface area contributed by atoms with Gasteiger partial charge < -0.3 is 75.3 Å². The van der Waals surface area contributed by atoms with Crippen molar-refractivity contribution in [2.75, 3.05) is 74.5 Å². The van der Waals surface area contributed by atoms with E-state index in [9.17, 15) is 24.0 Å². The highest BCUT2D eigenvalue weighted by molar-refractivity contribution is 5.99. The number of piperidine rings is 1. The number of likely N-dealkylation sites (tertiary alicyclic amines) is 3. The summed E-state index contributed by atoms with van der Waals surface area (Å²) in [5.74, 6) is 4.78. The first-order chi connectivity index (χ1) is 57.2. The highest BCUT2D eigenvalue weighted by Gasteiger charge is 2.30. The molecule has 3 aliphatic heterocycles. The van der Waals surface area contributed by atoms with Gasteiger partial charge in [-0.25, -0.2) is 47.5 Å². The van der Waals surface area contributed by atoms with Gasteiger partial charge in [-0.2, -0.15) is 0 Å². The Morgan fingerprint density at radius 3 is 1.02 bits per heavy atom. The third-order valence-corrected chi connectivity index (χ3v) is 20.2. The van der Waals surface area contributed by atoms with Gasteiger partial charge in [-0.05, 0) is 176 Å². The molecule has 3 fully saturated rings. The van der Waals surface area contributed by atoms with Crippen LogP contribution < -0.4 is 28.7 Å². The Morgan fingerprint density at radius 2 is 0.712 bits per heavy atom. The number of carbonyl (C=O) groups is 5. The van der Waals surface area contributed by atoms with Gasteiger partial charge in [-0.15, -0.1) is 25.5 Å². The lowest BCUT2D eigenvalue weighted by atomic mass is 10.1. The standard InChI is InChI=1S/C21H21N5O2.2C16H17N5O2.C15H15N5O2.C15H17N5O2/c1-14(2)25(12-15-7-4-3-5-8-15)21(27)16-11-17(22)20-23-19(24-26(20)13-16)18-9-6-10-28-18;1-10-4-2-6-20(10)16(22)11-8-12(17)15-18-14(19-21(15)9-11)13-5-3-7-23-13;17-12-9-11(16(22)20-6-2-1-3-7-20)10-21-15(12)18-14(19-21)13-5-4-8-23-13;16-11-8-10(15(21)19-5-1-2-6-19)9-20-14(11)17-13(18-20)12-4-3-7-22-12;1-3-19(4-2)15(21)10-8-11(16)14-17-13(18-20(14)9-10)12-6-5-7-22-12/h3-11,13-14H,12,22H2,1-2H3;3,5,7-10H,2,4,6,17H2,1H3;4-5,8-10H,1-3,6-7,17H2;3-4,7-9H,1-2,5-6,16H2;5-9H,3-4,16H2,1-2H3. The van der Waals surface area contributed by atoms with Crippen LogP contribution in [0.25, 0.3) is 86.2 Å². The summed E-state index contributed by atoms with van der Waals surface area (Å²) in [6, 6.07) is 36.2. The molecular weight excluding hydrogens is 1510 g/mol. The van der Waals surface area contributed by atoms with E-state index >= 15 is 0 Å². The van der Waals surface area contributed by atoms with Crippen molar-refractivity contribution < 1.29 is 46.1 Å². The fourth-order valence-electron chi connectivity index (χ4n) is 14.1. The second kappa shape index (κ2) is 34.4. The highest BCUT2D eigenvalue weighted by Crippen LogP contribution is 2.30. The first-order valence-corrected chi connectivity index (χ1v) is 38.8. The van der Waals surface area contributed by atoms with Crippen LogP contribution in [0.4, 0.5) is 28.4 Å². The van der Waals surface area contributed by atoms with E-state index in [1.807, 2.05) is 72.7 Å². The molecule has 0 bridgehead atoms. The molecule has 0 radical (unpaired) electrons. The van der Waals surface area contributed by atoms with E-state index in [0.29, 0.717) is 162 Å². The number of pyridine rings is 5. The van der Waals surface area contributed by atoms with Crippen molar-refractivity contribution in [3.05, 3.63) is 217 Å². The van der Waals surface area contributed by atoms with Crippen LogP contribution in [0.3, 0.4) is 0 Å². The summed E-state index contributed by atoms with van der Waals surface area (Å²) in [4.78, 5) is 94.4. The summed E-state index contributed by atoms with van der Waals surface area (Å²) in [7, 11) is 0. The zero-order chi connectivity index (χ0) is 82.3. The molecule has 604 valence electrons. The molecular formula is C83H87N25O10. The number of aromatic nitrogens is 15. The average Bonchev–Trinajstić information content (AvgIpc) is 1.65. The van der Waals surface area contributed by atoms with E-state index in [0.717, 1.165) is 76.8 Å². The van der Waals surface area contributed by atoms with Crippen molar-refractivity contribution in [3.8, 4) is 57.9 Å². The van der Waals surface area contributed by atoms with Crippen LogP contribution in [0, 0.1) is 0 Å². The lowest BCUT2D eigenvalue weighted by Crippen LogP contribution is -2.36. The van der Waals surface area contributed by atoms with Crippen molar-refractivity contribution in [2.24, 2.45) is 0 Å². The fourth-order valence-corrected chi connectivity index (χ4v) is 14.1. The quantitative estimate of drug-likeness (QED) is 0.0636. The molecule has 118 heavy (non-hydrogen) atoms. The number of furan rings is 5. The number of rotatable bonds is 15. The van der Waals surface area contributed by atoms with Crippen LogP contribution in [-0.4, -0.2) is 185 Å². The van der Waals surface area contributed by atoms with E-state index in [1.165, 1.54) is 20.0 Å². The molecule has 5 amide bonds. The minimum atomic E-state index is -0.109. The largest absolute Gasteiger partial charge is 0.461 e. The molecule has 3 aliphatic rings. The predicted octanol–water partition coefficient (Wildman–Crippen LogP) is 11.9. The van der Waals surface area contributed by atoms with Gasteiger partial charge in [0.1, 0.15) is 0 Å². The monoisotopic (exact) mass is 1590 g/mol. The molecule has 3 saturated heterocycles. The molecule has 35 heteroatoms. The van der Waals surface area contributed by atoms with Gasteiger partial charge in [-0.3, -0.25) is 24.0 Å². The number of anilines is 5. The molecule has 0 spiro atoms. The summed E-state index contributed by atoms with van der Waals surface area (Å²) in [6.07, 6.45) is 23.6. The molecule has 1 aromatic carbocycles. The van der Waals surface area contributed by atoms with Gasteiger partial charge in [0.2, 0.25) is 29.1 Å². The Morgan fingerprint density at radius 1 is 0.398 bits per heavy atom. The minimum Gasteiger partial charge on any atom is -0.461 e. The van der Waals surface area contributed by atoms with E-state index in [2.05, 4.69) is 57.3 Å². The van der Waals surface area contributed by atoms with Gasteiger partial charge >= 0.3 is 0 Å². The number of benzene rings is 1. The van der Waals surface area contributed by atoms with E-state index in [-0.39, 0.29) is 41.6 Å². The zero-order valence-electron chi connectivity index (χ0n) is 65.5. The summed E-state index contributed by atoms with van der Waals surface area (Å²) in [5, 5.41) is 21.8. The summed E-state index contributed by atoms with van der Waals surface area (Å²) in [5.41, 5.74) is 38.6. The SMILES string of the molecule is CC(C)N(Cc1ccccc1)C(=O)c1cc(N)c2nc(-c3ccco3)nn2c1.CC1CCCN1C(=O)c1cc(N)c2nc(-c3ccco3)nn2c1.CCN(CC)C(=O)c1cc(N)c2nc(-c3ccco3)nn2c1.Nc1cc(C(=O)N2CCCC2)cn2nc(-c3ccco3)nc12.Nc1cc(C(=O)N2CCCCC2)cn2nc(-c3ccco3)nc12. The molecule has 35 nitrogen and oxygen atoms in total. The fraction of sp³-hybridized carbons (Fsp3) is 0.265. The maximum Gasteiger partial charge on any atom is 0.256 e. The van der Waals surface area contributed by atoms with E-state index in [1.54, 1.807) is 172 Å². The van der Waals surface area contributed by atoms with Crippen molar-refractivity contribution in [1.29, 1.82) is 0 Å². The summed E-state index contributed by atoms with van der Waals surface area (Å²) < 4.78 is 34.2. The first kappa shape index (κ1) is 78.3. The van der Waals surface area contributed by atoms with Crippen LogP contribution >= 0.6 is 0 Å². The lowest BCUT2D eigenvalue weighted by Gasteiger charge is -2.27. The van der Waals surface area contributed by atoms with Gasteiger partial charge in [0.05, 0.1) is 87.6 Å². The summed E-state index contributed by atoms with van der Waals surface area (Å²) in [6.45, 7) is 15.7. The molecule has 10 N–H and O–H groups in total. The van der Waals surface area contributed by atoms with Crippen LogP contribution in [0.2, 0.25) is 0 Å². The second-order valence-corrected chi connectivity index (χ2v) is 28.7. The number of carbonyl (C=O) groups excluding carboxylic acids is 5. The number of amides is 5. The van der Waals surface area contributed by atoms with Crippen LogP contribution in [0.1, 0.15) is 137 Å². The normalized spacial score (nSPS) is 13.9. The third kappa shape index (κ3) is 16.9. The number of hydrogen-bond donors (Lipinski definition) is 5. The topological polar surface area (TPSA) is 448 Å². The number of nitrogen functional groups attached to an aromatic ring is 5. The van der Waals surface area contributed by atoms with Gasteiger partial charge in [0, 0.05) is 95.4 Å². The van der Waals surface area contributed by atoms with Gasteiger partial charge in [-0.1, -0.05) is 30.3 Å². The third-order valence-electron chi connectivity index (χ3n) is 20.2. The predicted molar refractivity (Wildman–Crippen MR) is 439 cm³/mol. The Labute approximate surface area is 674 Å². The Balaban J connectivity index is 0.000000116. The Hall–Kier alpha value is -14.9.